The molecule has 1 heterocycles. The van der Waals surface area contributed by atoms with E-state index >= 15 is 0 Å². The lowest BCUT2D eigenvalue weighted by atomic mass is 10.1. The Kier molecular flexibility index (Phi) is 6.57. The summed E-state index contributed by atoms with van der Waals surface area (Å²) in [6.45, 7) is 2.70. The number of carbonyl (C=O) groups excluding carboxylic acids is 1. The summed E-state index contributed by atoms with van der Waals surface area (Å²) in [5.41, 5.74) is 0.170. The van der Waals surface area contributed by atoms with Crippen LogP contribution in [-0.4, -0.2) is 49.5 Å². The van der Waals surface area contributed by atoms with E-state index in [-0.39, 0.29) is 17.4 Å². The SMILES string of the molecule is COc1ccc(NC(=O)C(C)OCC2CCCCO2)c(C(=O)O)c1. The van der Waals surface area contributed by atoms with Crippen molar-refractivity contribution < 1.29 is 28.9 Å². The van der Waals surface area contributed by atoms with Gasteiger partial charge >= 0.3 is 5.97 Å². The summed E-state index contributed by atoms with van der Waals surface area (Å²) in [5.74, 6) is -1.14. The van der Waals surface area contributed by atoms with Gasteiger partial charge in [0.25, 0.3) is 5.91 Å². The highest BCUT2D eigenvalue weighted by molar-refractivity contribution is 6.02. The lowest BCUT2D eigenvalue weighted by Crippen LogP contribution is -2.33. The Hall–Kier alpha value is -2.12. The Morgan fingerprint density at radius 3 is 2.83 bits per heavy atom. The van der Waals surface area contributed by atoms with E-state index < -0.39 is 18.0 Å². The van der Waals surface area contributed by atoms with Gasteiger partial charge in [-0.15, -0.1) is 0 Å². The number of nitrogens with one attached hydrogen (secondary N) is 1. The molecule has 132 valence electrons. The first-order valence-corrected chi connectivity index (χ1v) is 7.96. The smallest absolute Gasteiger partial charge is 0.337 e. The molecule has 0 radical (unpaired) electrons. The van der Waals surface area contributed by atoms with Crippen LogP contribution in [0.1, 0.15) is 36.5 Å². The number of hydrogen-bond donors (Lipinski definition) is 2. The monoisotopic (exact) mass is 337 g/mol. The van der Waals surface area contributed by atoms with Crippen LogP contribution in [0.2, 0.25) is 0 Å². The van der Waals surface area contributed by atoms with E-state index in [0.717, 1.165) is 25.9 Å². The van der Waals surface area contributed by atoms with E-state index in [2.05, 4.69) is 5.32 Å². The highest BCUT2D eigenvalue weighted by atomic mass is 16.5. The Labute approximate surface area is 140 Å². The van der Waals surface area contributed by atoms with Gasteiger partial charge in [-0.1, -0.05) is 0 Å². The third kappa shape index (κ3) is 4.94. The van der Waals surface area contributed by atoms with Gasteiger partial charge in [-0.05, 0) is 44.4 Å². The maximum atomic E-state index is 12.2. The average molecular weight is 337 g/mol. The zero-order valence-corrected chi connectivity index (χ0v) is 13.9. The number of carbonyl (C=O) groups is 2. The van der Waals surface area contributed by atoms with Gasteiger partial charge in [0, 0.05) is 6.61 Å². The molecule has 24 heavy (non-hydrogen) atoms. The molecule has 1 amide bonds. The molecule has 0 saturated carbocycles. The summed E-state index contributed by atoms with van der Waals surface area (Å²) in [6, 6.07) is 4.44. The molecule has 1 saturated heterocycles. The molecule has 2 atom stereocenters. The van der Waals surface area contributed by atoms with Crippen LogP contribution in [0.15, 0.2) is 18.2 Å². The molecule has 0 aliphatic carbocycles. The first-order valence-electron chi connectivity index (χ1n) is 7.96. The molecule has 0 aromatic heterocycles. The maximum Gasteiger partial charge on any atom is 0.337 e. The number of amides is 1. The first kappa shape index (κ1) is 18.2. The van der Waals surface area contributed by atoms with Gasteiger partial charge in [0.05, 0.1) is 31.1 Å². The van der Waals surface area contributed by atoms with E-state index in [1.165, 1.54) is 19.2 Å². The highest BCUT2D eigenvalue weighted by Gasteiger charge is 2.21. The van der Waals surface area contributed by atoms with Crippen LogP contribution in [0, 0.1) is 0 Å². The molecule has 2 N–H and O–H groups in total. The number of rotatable bonds is 7. The average Bonchev–Trinajstić information content (AvgIpc) is 2.60. The highest BCUT2D eigenvalue weighted by Crippen LogP contribution is 2.22. The zero-order valence-electron chi connectivity index (χ0n) is 13.9. The van der Waals surface area contributed by atoms with E-state index in [0.29, 0.717) is 12.4 Å². The number of methoxy groups -OCH3 is 1. The van der Waals surface area contributed by atoms with Gasteiger partial charge in [-0.2, -0.15) is 0 Å². The van der Waals surface area contributed by atoms with Crippen LogP contribution in [0.4, 0.5) is 5.69 Å². The molecule has 1 aromatic rings. The van der Waals surface area contributed by atoms with Crippen molar-refractivity contribution in [2.24, 2.45) is 0 Å². The number of ether oxygens (including phenoxy) is 3. The molecule has 1 aliphatic rings. The fraction of sp³-hybridized carbons (Fsp3) is 0.529. The number of carboxylic acid groups (broad SMARTS) is 1. The lowest BCUT2D eigenvalue weighted by molar-refractivity contribution is -0.130. The largest absolute Gasteiger partial charge is 0.497 e. The molecular formula is C17H23NO6. The Bertz CT molecular complexity index is 582. The second kappa shape index (κ2) is 8.65. The number of carboxylic acids is 1. The van der Waals surface area contributed by atoms with Crippen molar-refractivity contribution in [3.8, 4) is 5.75 Å². The Balaban J connectivity index is 1.94. The normalized spacial score (nSPS) is 18.7. The standard InChI is InChI=1S/C17H23NO6/c1-11(24-10-13-5-3-4-8-23-13)16(19)18-15-7-6-12(22-2)9-14(15)17(20)21/h6-7,9,11,13H,3-5,8,10H2,1-2H3,(H,18,19)(H,20,21). The predicted octanol–water partition coefficient (Wildman–Crippen LogP) is 2.31. The third-order valence-corrected chi connectivity index (χ3v) is 3.89. The summed E-state index contributed by atoms with van der Waals surface area (Å²) in [6.07, 6.45) is 2.39. The Morgan fingerprint density at radius 1 is 1.42 bits per heavy atom. The van der Waals surface area contributed by atoms with Crippen molar-refractivity contribution in [1.82, 2.24) is 0 Å². The van der Waals surface area contributed by atoms with Crippen LogP contribution in [-0.2, 0) is 14.3 Å². The minimum atomic E-state index is -1.15. The van der Waals surface area contributed by atoms with Gasteiger partial charge in [-0.25, -0.2) is 4.79 Å². The first-order chi connectivity index (χ1) is 11.5. The topological polar surface area (TPSA) is 94.1 Å². The van der Waals surface area contributed by atoms with Crippen molar-refractivity contribution in [3.63, 3.8) is 0 Å². The minimum Gasteiger partial charge on any atom is -0.497 e. The third-order valence-electron chi connectivity index (χ3n) is 3.89. The summed E-state index contributed by atoms with van der Waals surface area (Å²) in [5, 5.41) is 11.8. The second-order valence-corrected chi connectivity index (χ2v) is 5.67. The number of aromatic carboxylic acids is 1. The Morgan fingerprint density at radius 2 is 2.21 bits per heavy atom. The fourth-order valence-electron chi connectivity index (χ4n) is 2.44. The van der Waals surface area contributed by atoms with Crippen molar-refractivity contribution in [2.45, 2.75) is 38.4 Å². The summed E-state index contributed by atoms with van der Waals surface area (Å²) < 4.78 is 16.1. The predicted molar refractivity (Wildman–Crippen MR) is 87.6 cm³/mol. The molecule has 2 unspecified atom stereocenters. The lowest BCUT2D eigenvalue weighted by Gasteiger charge is -2.24. The van der Waals surface area contributed by atoms with Gasteiger partial charge in [-0.3, -0.25) is 4.79 Å². The molecule has 7 nitrogen and oxygen atoms in total. The van der Waals surface area contributed by atoms with Crippen LogP contribution in [0.3, 0.4) is 0 Å². The van der Waals surface area contributed by atoms with E-state index in [1.807, 2.05) is 0 Å². The number of hydrogen-bond acceptors (Lipinski definition) is 5. The molecule has 1 fully saturated rings. The molecule has 1 aliphatic heterocycles. The van der Waals surface area contributed by atoms with Crippen LogP contribution < -0.4 is 10.1 Å². The van der Waals surface area contributed by atoms with E-state index in [4.69, 9.17) is 14.2 Å². The van der Waals surface area contributed by atoms with Crippen molar-refractivity contribution in [2.75, 3.05) is 25.6 Å². The van der Waals surface area contributed by atoms with Crippen molar-refractivity contribution in [3.05, 3.63) is 23.8 Å². The van der Waals surface area contributed by atoms with Gasteiger partial charge in [0.2, 0.25) is 0 Å². The fourth-order valence-corrected chi connectivity index (χ4v) is 2.44. The minimum absolute atomic E-state index is 0.0181. The van der Waals surface area contributed by atoms with E-state index in [1.54, 1.807) is 13.0 Å². The second-order valence-electron chi connectivity index (χ2n) is 5.67. The van der Waals surface area contributed by atoms with Crippen LogP contribution in [0.25, 0.3) is 0 Å². The summed E-state index contributed by atoms with van der Waals surface area (Å²) in [4.78, 5) is 23.5. The van der Waals surface area contributed by atoms with E-state index in [9.17, 15) is 14.7 Å². The molecule has 7 heteroatoms. The van der Waals surface area contributed by atoms with Crippen molar-refractivity contribution >= 4 is 17.6 Å². The van der Waals surface area contributed by atoms with Gasteiger partial charge < -0.3 is 24.6 Å². The molecule has 0 bridgehead atoms. The quantitative estimate of drug-likeness (QED) is 0.793. The summed E-state index contributed by atoms with van der Waals surface area (Å²) in [7, 11) is 1.45. The molecular weight excluding hydrogens is 314 g/mol. The van der Waals surface area contributed by atoms with Crippen LogP contribution in [0.5, 0.6) is 5.75 Å². The molecule has 2 rings (SSSR count). The van der Waals surface area contributed by atoms with Crippen molar-refractivity contribution in [1.29, 1.82) is 0 Å². The van der Waals surface area contributed by atoms with Gasteiger partial charge in [0.15, 0.2) is 0 Å². The molecule has 0 spiro atoms. The number of anilines is 1. The maximum absolute atomic E-state index is 12.2. The van der Waals surface area contributed by atoms with Gasteiger partial charge in [0.1, 0.15) is 11.9 Å². The molecule has 1 aromatic carbocycles. The number of benzene rings is 1. The summed E-state index contributed by atoms with van der Waals surface area (Å²) >= 11 is 0. The zero-order chi connectivity index (χ0) is 17.5. The van der Waals surface area contributed by atoms with Crippen LogP contribution >= 0.6 is 0 Å².